The lowest BCUT2D eigenvalue weighted by molar-refractivity contribution is 0.266. The first kappa shape index (κ1) is 22.4. The molecule has 158 valence electrons. The van der Waals surface area contributed by atoms with Gasteiger partial charge < -0.3 is 14.8 Å². The van der Waals surface area contributed by atoms with Crippen LogP contribution in [-0.2, 0) is 19.6 Å². The molecule has 0 saturated carbocycles. The molecule has 0 aliphatic carbocycles. The highest BCUT2D eigenvalue weighted by Gasteiger charge is 2.15. The molecular formula is C24H24Cl2FNO2. The van der Waals surface area contributed by atoms with Crippen LogP contribution in [-0.4, -0.2) is 13.2 Å². The summed E-state index contributed by atoms with van der Waals surface area (Å²) in [4.78, 5) is 0. The molecular weight excluding hydrogens is 424 g/mol. The average Bonchev–Trinajstić information content (AvgIpc) is 2.73. The van der Waals surface area contributed by atoms with Crippen molar-refractivity contribution in [3.05, 3.63) is 93.2 Å². The Morgan fingerprint density at radius 1 is 0.900 bits per heavy atom. The zero-order valence-electron chi connectivity index (χ0n) is 16.8. The van der Waals surface area contributed by atoms with E-state index in [4.69, 9.17) is 32.7 Å². The summed E-state index contributed by atoms with van der Waals surface area (Å²) in [5.41, 5.74) is 2.55. The molecule has 0 heterocycles. The van der Waals surface area contributed by atoms with Crippen LogP contribution in [0.15, 0.2) is 60.7 Å². The van der Waals surface area contributed by atoms with E-state index in [2.05, 4.69) is 17.4 Å². The van der Waals surface area contributed by atoms with Crippen molar-refractivity contribution in [1.29, 1.82) is 0 Å². The molecule has 0 radical (unpaired) electrons. The second kappa shape index (κ2) is 11.2. The lowest BCUT2D eigenvalue weighted by Crippen LogP contribution is -2.16. The summed E-state index contributed by atoms with van der Waals surface area (Å²) in [6, 6.07) is 18.6. The molecule has 3 aromatic carbocycles. The number of ether oxygens (including phenoxy) is 2. The Hall–Kier alpha value is -2.27. The van der Waals surface area contributed by atoms with Gasteiger partial charge in [0.25, 0.3) is 0 Å². The minimum Gasteiger partial charge on any atom is -0.490 e. The molecule has 1 N–H and O–H groups in total. The van der Waals surface area contributed by atoms with Crippen LogP contribution in [0.3, 0.4) is 0 Å². The fourth-order valence-electron chi connectivity index (χ4n) is 3.05. The zero-order chi connectivity index (χ0) is 21.3. The van der Waals surface area contributed by atoms with Crippen LogP contribution in [0.5, 0.6) is 11.5 Å². The standard InChI is InChI=1S/C24H24Cl2FNO2/c1-2-29-23-14-18(15-28-12-11-17-7-4-3-5-8-17)13-21(26)24(23)30-16-19-20(25)9-6-10-22(19)27/h3-10,13-14,28H,2,11-12,15-16H2,1H3. The van der Waals surface area contributed by atoms with Crippen molar-refractivity contribution in [3.63, 3.8) is 0 Å². The summed E-state index contributed by atoms with van der Waals surface area (Å²) in [5.74, 6) is 0.485. The van der Waals surface area contributed by atoms with Crippen LogP contribution in [0.2, 0.25) is 10.0 Å². The molecule has 0 atom stereocenters. The van der Waals surface area contributed by atoms with Gasteiger partial charge in [0, 0.05) is 12.1 Å². The van der Waals surface area contributed by atoms with Crippen molar-refractivity contribution in [1.82, 2.24) is 5.32 Å². The molecule has 0 amide bonds. The molecule has 0 spiro atoms. The Morgan fingerprint density at radius 3 is 2.43 bits per heavy atom. The van der Waals surface area contributed by atoms with E-state index in [-0.39, 0.29) is 12.2 Å². The summed E-state index contributed by atoms with van der Waals surface area (Å²) in [6.07, 6.45) is 0.942. The SMILES string of the molecule is CCOc1cc(CNCCc2ccccc2)cc(Cl)c1OCc1c(F)cccc1Cl. The van der Waals surface area contributed by atoms with Gasteiger partial charge in [0.15, 0.2) is 11.5 Å². The van der Waals surface area contributed by atoms with Gasteiger partial charge in [0.2, 0.25) is 0 Å². The smallest absolute Gasteiger partial charge is 0.180 e. The van der Waals surface area contributed by atoms with Crippen molar-refractivity contribution >= 4 is 23.2 Å². The second-order valence-electron chi connectivity index (χ2n) is 6.74. The normalized spacial score (nSPS) is 10.8. The van der Waals surface area contributed by atoms with Crippen LogP contribution in [0, 0.1) is 5.82 Å². The van der Waals surface area contributed by atoms with Crippen molar-refractivity contribution in [2.75, 3.05) is 13.2 Å². The quantitative estimate of drug-likeness (QED) is 0.362. The number of benzene rings is 3. The topological polar surface area (TPSA) is 30.5 Å². The van der Waals surface area contributed by atoms with Crippen LogP contribution in [0.4, 0.5) is 4.39 Å². The highest BCUT2D eigenvalue weighted by Crippen LogP contribution is 2.37. The van der Waals surface area contributed by atoms with E-state index in [1.165, 1.54) is 11.6 Å². The third-order valence-electron chi connectivity index (χ3n) is 4.55. The molecule has 30 heavy (non-hydrogen) atoms. The van der Waals surface area contributed by atoms with Gasteiger partial charge in [0.05, 0.1) is 16.7 Å². The van der Waals surface area contributed by atoms with Gasteiger partial charge in [-0.05, 0) is 55.3 Å². The first-order valence-corrected chi connectivity index (χ1v) is 10.6. The largest absolute Gasteiger partial charge is 0.490 e. The number of nitrogens with one attached hydrogen (secondary N) is 1. The van der Waals surface area contributed by atoms with Crippen molar-refractivity contribution in [2.24, 2.45) is 0 Å². The van der Waals surface area contributed by atoms with Crippen molar-refractivity contribution in [2.45, 2.75) is 26.5 Å². The summed E-state index contributed by atoms with van der Waals surface area (Å²) in [6.45, 7) is 3.79. The average molecular weight is 448 g/mol. The van der Waals surface area contributed by atoms with Gasteiger partial charge in [-0.3, -0.25) is 0 Å². The first-order valence-electron chi connectivity index (χ1n) is 9.84. The van der Waals surface area contributed by atoms with Gasteiger partial charge in [-0.25, -0.2) is 4.39 Å². The summed E-state index contributed by atoms with van der Waals surface area (Å²) in [5, 5.41) is 4.14. The van der Waals surface area contributed by atoms with E-state index < -0.39 is 5.82 Å². The molecule has 0 saturated heterocycles. The third-order valence-corrected chi connectivity index (χ3v) is 5.19. The Kier molecular flexibility index (Phi) is 8.38. The van der Waals surface area contributed by atoms with E-state index in [9.17, 15) is 4.39 Å². The van der Waals surface area contributed by atoms with Crippen LogP contribution >= 0.6 is 23.2 Å². The maximum atomic E-state index is 14.0. The Labute approximate surface area is 186 Å². The van der Waals surface area contributed by atoms with E-state index in [1.807, 2.05) is 37.3 Å². The molecule has 6 heteroatoms. The molecule has 0 bridgehead atoms. The van der Waals surface area contributed by atoms with Gasteiger partial charge >= 0.3 is 0 Å². The molecule has 0 fully saturated rings. The number of halogens is 3. The second-order valence-corrected chi connectivity index (χ2v) is 7.55. The minimum absolute atomic E-state index is 0.0417. The number of rotatable bonds is 10. The fourth-order valence-corrected chi connectivity index (χ4v) is 3.56. The van der Waals surface area contributed by atoms with Crippen LogP contribution in [0.1, 0.15) is 23.6 Å². The molecule has 0 unspecified atom stereocenters. The molecule has 0 aliphatic rings. The fraction of sp³-hybridized carbons (Fsp3) is 0.250. The lowest BCUT2D eigenvalue weighted by Gasteiger charge is -2.16. The minimum atomic E-state index is -0.421. The van der Waals surface area contributed by atoms with Crippen molar-refractivity contribution in [3.8, 4) is 11.5 Å². The van der Waals surface area contributed by atoms with E-state index >= 15 is 0 Å². The molecule has 3 rings (SSSR count). The maximum Gasteiger partial charge on any atom is 0.180 e. The van der Waals surface area contributed by atoms with E-state index in [0.29, 0.717) is 34.7 Å². The highest BCUT2D eigenvalue weighted by molar-refractivity contribution is 6.32. The monoisotopic (exact) mass is 447 g/mol. The summed E-state index contributed by atoms with van der Waals surface area (Å²) in [7, 11) is 0. The van der Waals surface area contributed by atoms with Crippen LogP contribution < -0.4 is 14.8 Å². The highest BCUT2D eigenvalue weighted by atomic mass is 35.5. The summed E-state index contributed by atoms with van der Waals surface area (Å²) < 4.78 is 25.5. The van der Waals surface area contributed by atoms with Gasteiger partial charge in [-0.1, -0.05) is 59.6 Å². The Bertz CT molecular complexity index is 947. The van der Waals surface area contributed by atoms with E-state index in [1.54, 1.807) is 12.1 Å². The molecule has 0 aromatic heterocycles. The number of hydrogen-bond donors (Lipinski definition) is 1. The first-order chi connectivity index (χ1) is 14.6. The van der Waals surface area contributed by atoms with Gasteiger partial charge in [-0.15, -0.1) is 0 Å². The Morgan fingerprint density at radius 2 is 1.70 bits per heavy atom. The predicted octanol–water partition coefficient (Wildman–Crippen LogP) is 6.44. The van der Waals surface area contributed by atoms with E-state index in [0.717, 1.165) is 18.5 Å². The molecule has 0 aliphatic heterocycles. The Balaban J connectivity index is 1.66. The van der Waals surface area contributed by atoms with Gasteiger partial charge in [0.1, 0.15) is 12.4 Å². The molecule has 3 aromatic rings. The van der Waals surface area contributed by atoms with Crippen molar-refractivity contribution < 1.29 is 13.9 Å². The zero-order valence-corrected chi connectivity index (χ0v) is 18.3. The maximum absolute atomic E-state index is 14.0. The van der Waals surface area contributed by atoms with Gasteiger partial charge in [-0.2, -0.15) is 0 Å². The summed E-state index contributed by atoms with van der Waals surface area (Å²) >= 11 is 12.5. The van der Waals surface area contributed by atoms with Crippen LogP contribution in [0.25, 0.3) is 0 Å². The lowest BCUT2D eigenvalue weighted by atomic mass is 10.1. The molecule has 3 nitrogen and oxygen atoms in total. The predicted molar refractivity (Wildman–Crippen MR) is 120 cm³/mol. The number of hydrogen-bond acceptors (Lipinski definition) is 3. The third kappa shape index (κ3) is 6.11.